The molecule has 3 rings (SSSR count). The molecule has 41 heavy (non-hydrogen) atoms. The van der Waals surface area contributed by atoms with Crippen molar-refractivity contribution in [2.45, 2.75) is 96.8 Å². The van der Waals surface area contributed by atoms with Gasteiger partial charge in [-0.05, 0) is 35.4 Å². The van der Waals surface area contributed by atoms with Crippen LogP contribution in [0.1, 0.15) is 102 Å². The van der Waals surface area contributed by atoms with Gasteiger partial charge in [-0.1, -0.05) is 133 Å². The molecule has 0 amide bonds. The standard InChI is InChI=1S/C37H44N4/c1-2-3-4-5-6-7-8-9-10-11-12-13-14-17-25-41-26-24-33(36-18-15-16-19-37(36)41)27-34(28-38)31-20-22-32(23-21-31)35(29-39)30-40/h15-16,18-24,26-27H,2-14,17,25H2,1H3/b33-27+. The van der Waals surface area contributed by atoms with Crippen LogP contribution in [0, 0.1) is 34.0 Å². The fourth-order valence-electron chi connectivity index (χ4n) is 5.41. The maximum absolute atomic E-state index is 9.90. The van der Waals surface area contributed by atoms with E-state index in [-0.39, 0.29) is 5.57 Å². The van der Waals surface area contributed by atoms with E-state index in [0.717, 1.165) is 22.9 Å². The summed E-state index contributed by atoms with van der Waals surface area (Å²) < 4.78 is 0. The Morgan fingerprint density at radius 3 is 1.76 bits per heavy atom. The van der Waals surface area contributed by atoms with Crippen molar-refractivity contribution in [3.8, 4) is 18.2 Å². The lowest BCUT2D eigenvalue weighted by atomic mass is 9.97. The Morgan fingerprint density at radius 2 is 1.20 bits per heavy atom. The third kappa shape index (κ3) is 10.1. The van der Waals surface area contributed by atoms with Crippen LogP contribution < -0.4 is 15.3 Å². The first-order chi connectivity index (χ1) is 20.2. The van der Waals surface area contributed by atoms with Crippen molar-refractivity contribution in [3.63, 3.8) is 0 Å². The number of hydrogen-bond donors (Lipinski definition) is 0. The molecule has 0 aromatic heterocycles. The lowest BCUT2D eigenvalue weighted by Gasteiger charge is -2.27. The summed E-state index contributed by atoms with van der Waals surface area (Å²) in [6.07, 6.45) is 25.2. The summed E-state index contributed by atoms with van der Waals surface area (Å²) >= 11 is 0. The molecule has 4 nitrogen and oxygen atoms in total. The van der Waals surface area contributed by atoms with Crippen LogP contribution in [-0.2, 0) is 0 Å². The summed E-state index contributed by atoms with van der Waals surface area (Å²) in [5.74, 6) is 0. The smallest absolute Gasteiger partial charge is 0.136 e. The Hall–Kier alpha value is -4.07. The molecule has 4 heteroatoms. The highest BCUT2D eigenvalue weighted by molar-refractivity contribution is 5.92. The average molecular weight is 545 g/mol. The number of allylic oxidation sites excluding steroid dienone is 3. The summed E-state index contributed by atoms with van der Waals surface area (Å²) in [5, 5.41) is 29.4. The van der Waals surface area contributed by atoms with Crippen LogP contribution in [0.25, 0.3) is 16.7 Å². The molecule has 0 radical (unpaired) electrons. The number of anilines is 1. The Labute approximate surface area is 247 Å². The second-order valence-corrected chi connectivity index (χ2v) is 10.9. The number of benzene rings is 2. The molecule has 0 fully saturated rings. The largest absolute Gasteiger partial charge is 0.347 e. The third-order valence-electron chi connectivity index (χ3n) is 7.84. The molecule has 0 bridgehead atoms. The quantitative estimate of drug-likeness (QED) is 0.199. The van der Waals surface area contributed by atoms with Gasteiger partial charge in [0.25, 0.3) is 0 Å². The highest BCUT2D eigenvalue weighted by Crippen LogP contribution is 2.33. The summed E-state index contributed by atoms with van der Waals surface area (Å²) in [4.78, 5) is 2.33. The van der Waals surface area contributed by atoms with E-state index in [0.29, 0.717) is 10.8 Å². The van der Waals surface area contributed by atoms with Gasteiger partial charge >= 0.3 is 0 Å². The van der Waals surface area contributed by atoms with Gasteiger partial charge in [-0.3, -0.25) is 0 Å². The van der Waals surface area contributed by atoms with E-state index in [9.17, 15) is 5.26 Å². The molecule has 2 aromatic rings. The van der Waals surface area contributed by atoms with Crippen LogP contribution in [0.5, 0.6) is 0 Å². The molecular weight excluding hydrogens is 500 g/mol. The molecule has 1 aliphatic rings. The first-order valence-corrected chi connectivity index (χ1v) is 15.5. The van der Waals surface area contributed by atoms with Gasteiger partial charge in [-0.15, -0.1) is 0 Å². The van der Waals surface area contributed by atoms with E-state index in [4.69, 9.17) is 10.5 Å². The Bertz CT molecular complexity index is 1390. The van der Waals surface area contributed by atoms with E-state index in [2.05, 4.69) is 48.4 Å². The fraction of sp³-hybridized carbons (Fsp3) is 0.432. The van der Waals surface area contributed by atoms with Crippen molar-refractivity contribution in [1.82, 2.24) is 0 Å². The summed E-state index contributed by atoms with van der Waals surface area (Å²) in [7, 11) is 0. The number of rotatable bonds is 16. The van der Waals surface area contributed by atoms with Crippen molar-refractivity contribution in [1.29, 1.82) is 15.8 Å². The second-order valence-electron chi connectivity index (χ2n) is 10.9. The molecule has 0 saturated carbocycles. The van der Waals surface area contributed by atoms with E-state index >= 15 is 0 Å². The second kappa shape index (κ2) is 18.3. The van der Waals surface area contributed by atoms with Crippen molar-refractivity contribution in [2.24, 2.45) is 0 Å². The fourth-order valence-corrected chi connectivity index (χ4v) is 5.41. The Kier molecular flexibility index (Phi) is 14.0. The number of nitrogens with zero attached hydrogens (tertiary/aromatic N) is 4. The average Bonchev–Trinajstić information content (AvgIpc) is 3.01. The van der Waals surface area contributed by atoms with Crippen LogP contribution in [0.3, 0.4) is 0 Å². The minimum Gasteiger partial charge on any atom is -0.347 e. The first-order valence-electron chi connectivity index (χ1n) is 15.5. The summed E-state index contributed by atoms with van der Waals surface area (Å²) in [5.41, 5.74) is 3.90. The molecule has 1 heterocycles. The zero-order valence-electron chi connectivity index (χ0n) is 24.7. The van der Waals surface area contributed by atoms with E-state index < -0.39 is 0 Å². The van der Waals surface area contributed by atoms with Gasteiger partial charge in [0.2, 0.25) is 0 Å². The molecule has 0 N–H and O–H groups in total. The van der Waals surface area contributed by atoms with Crippen molar-refractivity contribution in [2.75, 3.05) is 11.4 Å². The molecule has 1 aliphatic heterocycles. The van der Waals surface area contributed by atoms with Crippen molar-refractivity contribution >= 4 is 22.4 Å². The van der Waals surface area contributed by atoms with Gasteiger partial charge in [0.15, 0.2) is 0 Å². The van der Waals surface area contributed by atoms with Crippen LogP contribution in [0.4, 0.5) is 5.69 Å². The van der Waals surface area contributed by atoms with Crippen molar-refractivity contribution in [3.05, 3.63) is 82.9 Å². The Balaban J connectivity index is 1.50. The van der Waals surface area contributed by atoms with Crippen LogP contribution in [0.2, 0.25) is 0 Å². The molecule has 0 spiro atoms. The number of hydrogen-bond acceptors (Lipinski definition) is 4. The number of fused-ring (bicyclic) bond motifs is 1. The van der Waals surface area contributed by atoms with Gasteiger partial charge in [0, 0.05) is 29.2 Å². The highest BCUT2D eigenvalue weighted by atomic mass is 15.1. The van der Waals surface area contributed by atoms with Gasteiger partial charge in [0.1, 0.15) is 17.7 Å². The normalized spacial score (nSPS) is 12.8. The molecule has 0 unspecified atom stereocenters. The van der Waals surface area contributed by atoms with E-state index in [1.54, 1.807) is 24.3 Å². The molecule has 212 valence electrons. The van der Waals surface area contributed by atoms with Gasteiger partial charge in [-0.25, -0.2) is 0 Å². The van der Waals surface area contributed by atoms with Gasteiger partial charge in [-0.2, -0.15) is 15.8 Å². The number of para-hydroxylation sites is 1. The molecule has 0 saturated heterocycles. The maximum Gasteiger partial charge on any atom is 0.136 e. The van der Waals surface area contributed by atoms with Crippen LogP contribution >= 0.6 is 0 Å². The van der Waals surface area contributed by atoms with E-state index in [1.807, 2.05) is 24.3 Å². The zero-order valence-corrected chi connectivity index (χ0v) is 24.7. The highest BCUT2D eigenvalue weighted by Gasteiger charge is 2.16. The minimum atomic E-state index is 0.0662. The SMILES string of the molecule is CCCCCCCCCCCCCCCCN1C=C/C(=C\C(C#N)=c2ccc(=C(C#N)C#N)cc2)c2ccccc21. The molecule has 0 aliphatic carbocycles. The lowest BCUT2D eigenvalue weighted by molar-refractivity contribution is 0.536. The summed E-state index contributed by atoms with van der Waals surface area (Å²) in [6, 6.07) is 21.5. The van der Waals surface area contributed by atoms with Crippen molar-refractivity contribution < 1.29 is 0 Å². The topological polar surface area (TPSA) is 74.6 Å². The molecule has 0 atom stereocenters. The molecule has 2 aromatic carbocycles. The number of unbranched alkanes of at least 4 members (excludes halogenated alkanes) is 13. The Morgan fingerprint density at radius 1 is 0.659 bits per heavy atom. The molecular formula is C37H44N4. The predicted molar refractivity (Wildman–Crippen MR) is 171 cm³/mol. The monoisotopic (exact) mass is 544 g/mol. The first kappa shape index (κ1) is 31.5. The minimum absolute atomic E-state index is 0.0662. The van der Waals surface area contributed by atoms with Crippen LogP contribution in [-0.4, -0.2) is 6.54 Å². The summed E-state index contributed by atoms with van der Waals surface area (Å²) in [6.45, 7) is 3.27. The third-order valence-corrected chi connectivity index (χ3v) is 7.84. The van der Waals surface area contributed by atoms with Crippen LogP contribution in [0.15, 0.2) is 66.9 Å². The lowest BCUT2D eigenvalue weighted by Crippen LogP contribution is -2.21. The van der Waals surface area contributed by atoms with Gasteiger partial charge < -0.3 is 4.90 Å². The predicted octanol–water partition coefficient (Wildman–Crippen LogP) is 8.46. The van der Waals surface area contributed by atoms with E-state index in [1.165, 1.54) is 95.6 Å². The zero-order chi connectivity index (χ0) is 29.1. The van der Waals surface area contributed by atoms with Gasteiger partial charge in [0.05, 0.1) is 11.6 Å². The number of nitriles is 3. The maximum atomic E-state index is 9.90.